The molecule has 1 aliphatic heterocycles. The van der Waals surface area contributed by atoms with E-state index in [1.54, 1.807) is 4.90 Å². The number of carbonyl (C=O) groups is 1. The van der Waals surface area contributed by atoms with Gasteiger partial charge in [0.2, 0.25) is 5.91 Å². The minimum Gasteiger partial charge on any atom is -0.362 e. The highest BCUT2D eigenvalue weighted by Gasteiger charge is 2.23. The number of ether oxygens (including phenoxy) is 1. The SMILES string of the molecule is Cc1n[c]cn1CCCCCCCC(=O)N1CCOC(SO)C1. The molecule has 0 spiro atoms. The Kier molecular flexibility index (Phi) is 7.91. The number of nitrogens with zero attached hydrogens (tertiary/aromatic N) is 3. The van der Waals surface area contributed by atoms with E-state index in [4.69, 9.17) is 9.29 Å². The highest BCUT2D eigenvalue weighted by molar-refractivity contribution is 7.94. The van der Waals surface area contributed by atoms with Gasteiger partial charge in [0.25, 0.3) is 0 Å². The van der Waals surface area contributed by atoms with Crippen LogP contribution in [0.1, 0.15) is 44.3 Å². The first-order valence-electron chi connectivity index (χ1n) is 8.30. The second kappa shape index (κ2) is 9.95. The summed E-state index contributed by atoms with van der Waals surface area (Å²) in [6.07, 6.45) is 10.8. The number of aryl methyl sites for hydroxylation is 2. The Hall–Kier alpha value is -1.05. The summed E-state index contributed by atoms with van der Waals surface area (Å²) in [4.78, 5) is 18.0. The monoisotopic (exact) mass is 340 g/mol. The maximum atomic E-state index is 12.1. The molecule has 1 unspecified atom stereocenters. The van der Waals surface area contributed by atoms with E-state index < -0.39 is 0 Å². The molecule has 1 radical (unpaired) electrons. The van der Waals surface area contributed by atoms with Crippen LogP contribution in [0.3, 0.4) is 0 Å². The zero-order valence-corrected chi connectivity index (χ0v) is 14.6. The molecule has 6 nitrogen and oxygen atoms in total. The van der Waals surface area contributed by atoms with Crippen molar-refractivity contribution in [3.63, 3.8) is 0 Å². The van der Waals surface area contributed by atoms with Crippen LogP contribution < -0.4 is 0 Å². The quantitative estimate of drug-likeness (QED) is 0.553. The Morgan fingerprint density at radius 1 is 1.43 bits per heavy atom. The molecule has 129 valence electrons. The topological polar surface area (TPSA) is 67.6 Å². The molecule has 0 aliphatic carbocycles. The van der Waals surface area contributed by atoms with E-state index in [0.717, 1.165) is 38.1 Å². The van der Waals surface area contributed by atoms with E-state index in [0.29, 0.717) is 38.2 Å². The van der Waals surface area contributed by atoms with Crippen LogP contribution in [-0.2, 0) is 16.1 Å². The molecule has 0 bridgehead atoms. The summed E-state index contributed by atoms with van der Waals surface area (Å²) in [6.45, 7) is 4.62. The largest absolute Gasteiger partial charge is 0.362 e. The Morgan fingerprint density at radius 3 is 2.96 bits per heavy atom. The Labute approximate surface area is 142 Å². The van der Waals surface area contributed by atoms with E-state index in [1.807, 2.05) is 13.1 Å². The first kappa shape index (κ1) is 18.3. The first-order valence-corrected chi connectivity index (χ1v) is 9.14. The van der Waals surface area contributed by atoms with Gasteiger partial charge in [-0.1, -0.05) is 19.3 Å². The highest BCUT2D eigenvalue weighted by Crippen LogP contribution is 2.16. The lowest BCUT2D eigenvalue weighted by Gasteiger charge is -2.31. The van der Waals surface area contributed by atoms with Crippen molar-refractivity contribution in [1.29, 1.82) is 0 Å². The zero-order chi connectivity index (χ0) is 16.5. The molecule has 2 heterocycles. The van der Waals surface area contributed by atoms with Crippen LogP contribution in [0, 0.1) is 13.1 Å². The Bertz CT molecular complexity index is 481. The average molecular weight is 340 g/mol. The number of aromatic nitrogens is 2. The third-order valence-corrected chi connectivity index (χ3v) is 4.67. The lowest BCUT2D eigenvalue weighted by Crippen LogP contribution is -2.44. The van der Waals surface area contributed by atoms with Crippen LogP contribution in [-0.4, -0.2) is 50.0 Å². The van der Waals surface area contributed by atoms with Gasteiger partial charge in [0.1, 0.15) is 17.5 Å². The fourth-order valence-electron chi connectivity index (χ4n) is 2.73. The van der Waals surface area contributed by atoms with Crippen molar-refractivity contribution in [2.45, 2.75) is 57.4 Å². The van der Waals surface area contributed by atoms with Crippen LogP contribution in [0.25, 0.3) is 0 Å². The van der Waals surface area contributed by atoms with Gasteiger partial charge in [0, 0.05) is 37.7 Å². The van der Waals surface area contributed by atoms with E-state index in [2.05, 4.69) is 15.7 Å². The molecule has 23 heavy (non-hydrogen) atoms. The summed E-state index contributed by atoms with van der Waals surface area (Å²) in [6, 6.07) is 0. The van der Waals surface area contributed by atoms with Gasteiger partial charge < -0.3 is 18.8 Å². The molecule has 7 heteroatoms. The zero-order valence-electron chi connectivity index (χ0n) is 13.7. The van der Waals surface area contributed by atoms with Crippen LogP contribution in [0.2, 0.25) is 0 Å². The van der Waals surface area contributed by atoms with Gasteiger partial charge in [-0.05, 0) is 19.8 Å². The molecule has 1 atom stereocenters. The van der Waals surface area contributed by atoms with Crippen molar-refractivity contribution >= 4 is 17.9 Å². The van der Waals surface area contributed by atoms with E-state index in [9.17, 15) is 4.79 Å². The number of rotatable bonds is 9. The number of carbonyl (C=O) groups excluding carboxylic acids is 1. The first-order chi connectivity index (χ1) is 11.2. The smallest absolute Gasteiger partial charge is 0.222 e. The number of amides is 1. The molecular weight excluding hydrogens is 314 g/mol. The lowest BCUT2D eigenvalue weighted by molar-refractivity contribution is -0.136. The molecule has 1 fully saturated rings. The van der Waals surface area contributed by atoms with Gasteiger partial charge in [-0.15, -0.1) is 0 Å². The average Bonchev–Trinajstić information content (AvgIpc) is 2.99. The number of hydrogen-bond acceptors (Lipinski definition) is 5. The summed E-state index contributed by atoms with van der Waals surface area (Å²) < 4.78 is 16.5. The van der Waals surface area contributed by atoms with Gasteiger partial charge in [0.15, 0.2) is 0 Å². The number of hydrogen-bond donors (Lipinski definition) is 1. The predicted octanol–water partition coefficient (Wildman–Crippen LogP) is 2.72. The second-order valence-corrected chi connectivity index (χ2v) is 6.61. The van der Waals surface area contributed by atoms with Crippen molar-refractivity contribution in [3.8, 4) is 0 Å². The van der Waals surface area contributed by atoms with E-state index in [1.165, 1.54) is 6.42 Å². The molecule has 1 aromatic rings. The number of unbranched alkanes of at least 4 members (excludes halogenated alkanes) is 4. The van der Waals surface area contributed by atoms with Crippen molar-refractivity contribution in [2.75, 3.05) is 19.7 Å². The third kappa shape index (κ3) is 6.16. The van der Waals surface area contributed by atoms with Crippen LogP contribution >= 0.6 is 12.0 Å². The summed E-state index contributed by atoms with van der Waals surface area (Å²) in [7, 11) is 0. The molecule has 1 saturated heterocycles. The molecule has 0 aromatic carbocycles. The molecule has 1 aromatic heterocycles. The van der Waals surface area contributed by atoms with Gasteiger partial charge in [-0.3, -0.25) is 4.79 Å². The fraction of sp³-hybridized carbons (Fsp3) is 0.750. The molecule has 1 N–H and O–H groups in total. The Morgan fingerprint density at radius 2 is 2.22 bits per heavy atom. The van der Waals surface area contributed by atoms with E-state index in [-0.39, 0.29) is 11.3 Å². The normalized spacial score (nSPS) is 18.3. The molecule has 0 saturated carbocycles. The predicted molar refractivity (Wildman–Crippen MR) is 90.0 cm³/mol. The maximum absolute atomic E-state index is 12.1. The summed E-state index contributed by atoms with van der Waals surface area (Å²) in [5.41, 5.74) is -0.295. The molecular formula is C16H26N3O3S. The van der Waals surface area contributed by atoms with E-state index >= 15 is 0 Å². The number of imidazole rings is 1. The summed E-state index contributed by atoms with van der Waals surface area (Å²) in [5, 5.41) is 0. The van der Waals surface area contributed by atoms with Crippen molar-refractivity contribution < 1.29 is 14.1 Å². The van der Waals surface area contributed by atoms with Crippen LogP contribution in [0.15, 0.2) is 6.20 Å². The number of morpholine rings is 1. The maximum Gasteiger partial charge on any atom is 0.222 e. The van der Waals surface area contributed by atoms with Crippen molar-refractivity contribution in [1.82, 2.24) is 14.5 Å². The van der Waals surface area contributed by atoms with Crippen LogP contribution in [0.4, 0.5) is 0 Å². The standard InChI is InChI=1S/C16H26N3O3S/c1-14-17-8-10-18(14)9-6-4-2-3-5-7-15(20)19-11-12-22-16(13-19)23-21/h10,16,21H,2-7,9,11-13H2,1H3. The van der Waals surface area contributed by atoms with Crippen LogP contribution in [0.5, 0.6) is 0 Å². The van der Waals surface area contributed by atoms with Gasteiger partial charge in [-0.2, -0.15) is 0 Å². The molecule has 1 aliphatic rings. The lowest BCUT2D eigenvalue weighted by atomic mass is 10.1. The van der Waals surface area contributed by atoms with Gasteiger partial charge in [-0.25, -0.2) is 4.98 Å². The minimum atomic E-state index is -0.295. The summed E-state index contributed by atoms with van der Waals surface area (Å²) >= 11 is 0.679. The third-order valence-electron chi connectivity index (χ3n) is 4.15. The Balaban J connectivity index is 1.50. The van der Waals surface area contributed by atoms with Gasteiger partial charge in [0.05, 0.1) is 13.2 Å². The summed E-state index contributed by atoms with van der Waals surface area (Å²) in [5.74, 6) is 1.19. The minimum absolute atomic E-state index is 0.178. The second-order valence-electron chi connectivity index (χ2n) is 5.87. The van der Waals surface area contributed by atoms with Crippen molar-refractivity contribution in [2.24, 2.45) is 0 Å². The molecule has 1 amide bonds. The highest BCUT2D eigenvalue weighted by atomic mass is 32.2. The fourth-order valence-corrected chi connectivity index (χ4v) is 3.14. The van der Waals surface area contributed by atoms with Gasteiger partial charge >= 0.3 is 0 Å². The van der Waals surface area contributed by atoms with Crippen molar-refractivity contribution in [3.05, 3.63) is 18.2 Å². The molecule has 2 rings (SSSR count).